The van der Waals surface area contributed by atoms with Crippen LogP contribution in [0.1, 0.15) is 25.0 Å². The zero-order chi connectivity index (χ0) is 19.4. The number of hydrogen-bond acceptors (Lipinski definition) is 2. The van der Waals surface area contributed by atoms with Crippen LogP contribution in [-0.2, 0) is 11.3 Å². The number of rotatable bonds is 4. The summed E-state index contributed by atoms with van der Waals surface area (Å²) in [5, 5.41) is 0.758. The Morgan fingerprint density at radius 3 is 2.41 bits per heavy atom. The van der Waals surface area contributed by atoms with Gasteiger partial charge in [0, 0.05) is 47.3 Å². The molecular formula is C22H24BrClN2O. The fourth-order valence-electron chi connectivity index (χ4n) is 3.39. The van der Waals surface area contributed by atoms with Crippen molar-refractivity contribution in [3.63, 3.8) is 0 Å². The van der Waals surface area contributed by atoms with E-state index in [-0.39, 0.29) is 11.9 Å². The maximum atomic E-state index is 12.7. The van der Waals surface area contributed by atoms with Crippen LogP contribution in [0.2, 0.25) is 5.02 Å². The fourth-order valence-corrected chi connectivity index (χ4v) is 3.78. The van der Waals surface area contributed by atoms with Crippen LogP contribution in [0.4, 0.5) is 0 Å². The van der Waals surface area contributed by atoms with Gasteiger partial charge in [-0.05, 0) is 55.3 Å². The fraction of sp³-hybridized carbons (Fsp3) is 0.318. The number of carbonyl (C=O) groups excluding carboxylic acids is 1. The van der Waals surface area contributed by atoms with E-state index in [0.717, 1.165) is 34.7 Å². The Morgan fingerprint density at radius 1 is 1.07 bits per heavy atom. The topological polar surface area (TPSA) is 23.6 Å². The van der Waals surface area contributed by atoms with Crippen LogP contribution < -0.4 is 0 Å². The van der Waals surface area contributed by atoms with Gasteiger partial charge < -0.3 is 4.90 Å². The summed E-state index contributed by atoms with van der Waals surface area (Å²) >= 11 is 9.40. The van der Waals surface area contributed by atoms with E-state index < -0.39 is 0 Å². The van der Waals surface area contributed by atoms with Crippen molar-refractivity contribution < 1.29 is 4.79 Å². The number of halogens is 2. The molecule has 1 aliphatic rings. The molecule has 0 spiro atoms. The summed E-state index contributed by atoms with van der Waals surface area (Å²) in [7, 11) is 0. The van der Waals surface area contributed by atoms with Gasteiger partial charge in [0.1, 0.15) is 0 Å². The minimum absolute atomic E-state index is 0.0726. The van der Waals surface area contributed by atoms with E-state index in [0.29, 0.717) is 6.04 Å². The van der Waals surface area contributed by atoms with E-state index in [2.05, 4.69) is 46.8 Å². The lowest BCUT2D eigenvalue weighted by molar-refractivity contribution is -0.131. The average molecular weight is 448 g/mol. The Hall–Kier alpha value is -1.62. The smallest absolute Gasteiger partial charge is 0.246 e. The molecule has 1 fully saturated rings. The Bertz CT molecular complexity index is 804. The third-order valence-corrected chi connectivity index (χ3v) is 5.77. The van der Waals surface area contributed by atoms with Gasteiger partial charge in [0.2, 0.25) is 5.91 Å². The molecule has 142 valence electrons. The van der Waals surface area contributed by atoms with Gasteiger partial charge in [-0.15, -0.1) is 0 Å². The average Bonchev–Trinajstić information content (AvgIpc) is 2.65. The maximum absolute atomic E-state index is 12.7. The largest absolute Gasteiger partial charge is 0.334 e. The monoisotopic (exact) mass is 446 g/mol. The maximum Gasteiger partial charge on any atom is 0.246 e. The summed E-state index contributed by atoms with van der Waals surface area (Å²) in [4.78, 5) is 17.1. The Kier molecular flexibility index (Phi) is 6.74. The Morgan fingerprint density at radius 2 is 1.74 bits per heavy atom. The molecule has 0 bridgehead atoms. The van der Waals surface area contributed by atoms with Gasteiger partial charge in [0.15, 0.2) is 0 Å². The molecule has 0 saturated carbocycles. The molecule has 0 aromatic heterocycles. The zero-order valence-electron chi connectivity index (χ0n) is 15.6. The van der Waals surface area contributed by atoms with E-state index in [1.54, 1.807) is 6.08 Å². The third kappa shape index (κ3) is 5.44. The molecule has 0 unspecified atom stereocenters. The molecule has 0 N–H and O–H groups in total. The van der Waals surface area contributed by atoms with Crippen molar-refractivity contribution >= 4 is 39.5 Å². The molecule has 1 heterocycles. The van der Waals surface area contributed by atoms with Crippen LogP contribution in [0.5, 0.6) is 0 Å². The molecule has 0 radical (unpaired) electrons. The first-order chi connectivity index (χ1) is 12.9. The van der Waals surface area contributed by atoms with Crippen molar-refractivity contribution in [2.75, 3.05) is 13.1 Å². The number of hydrogen-bond donors (Lipinski definition) is 0. The minimum Gasteiger partial charge on any atom is -0.334 e. The van der Waals surface area contributed by atoms with Gasteiger partial charge in [0.25, 0.3) is 0 Å². The number of carbonyl (C=O) groups is 1. The summed E-state index contributed by atoms with van der Waals surface area (Å²) in [6, 6.07) is 16.4. The highest BCUT2D eigenvalue weighted by atomic mass is 79.9. The van der Waals surface area contributed by atoms with Gasteiger partial charge >= 0.3 is 0 Å². The molecule has 3 nitrogen and oxygen atoms in total. The van der Waals surface area contributed by atoms with Crippen LogP contribution >= 0.6 is 27.5 Å². The Labute approximate surface area is 174 Å². The summed E-state index contributed by atoms with van der Waals surface area (Å²) in [6.07, 6.45) is 3.56. The Balaban J connectivity index is 1.61. The number of piperazine rings is 1. The van der Waals surface area contributed by atoms with Gasteiger partial charge in [-0.3, -0.25) is 9.69 Å². The minimum atomic E-state index is 0.0726. The SMILES string of the molecule is C[C@@H]1CN(C(=O)/C=C/c2ccc(Br)cc2)[C@@H](C)CN1Cc1ccc(Cl)cc1. The molecular weight excluding hydrogens is 424 g/mol. The van der Waals surface area contributed by atoms with Crippen molar-refractivity contribution in [2.45, 2.75) is 32.5 Å². The molecule has 2 aromatic carbocycles. The first kappa shape index (κ1) is 20.1. The molecule has 1 amide bonds. The first-order valence-electron chi connectivity index (χ1n) is 9.15. The van der Waals surface area contributed by atoms with Crippen LogP contribution in [0.15, 0.2) is 59.1 Å². The van der Waals surface area contributed by atoms with Crippen molar-refractivity contribution in [3.8, 4) is 0 Å². The van der Waals surface area contributed by atoms with Gasteiger partial charge in [-0.2, -0.15) is 0 Å². The lowest BCUT2D eigenvalue weighted by Gasteiger charge is -2.44. The van der Waals surface area contributed by atoms with Crippen LogP contribution in [0.3, 0.4) is 0 Å². The van der Waals surface area contributed by atoms with Gasteiger partial charge in [-0.25, -0.2) is 0 Å². The van der Waals surface area contributed by atoms with E-state index >= 15 is 0 Å². The predicted octanol–water partition coefficient (Wildman–Crippen LogP) is 5.24. The van der Waals surface area contributed by atoms with Crippen molar-refractivity contribution in [1.29, 1.82) is 0 Å². The second-order valence-electron chi connectivity index (χ2n) is 7.13. The molecule has 0 aliphatic carbocycles. The quantitative estimate of drug-likeness (QED) is 0.599. The van der Waals surface area contributed by atoms with Crippen LogP contribution in [-0.4, -0.2) is 40.9 Å². The third-order valence-electron chi connectivity index (χ3n) is 4.99. The predicted molar refractivity (Wildman–Crippen MR) is 116 cm³/mol. The highest BCUT2D eigenvalue weighted by Crippen LogP contribution is 2.20. The van der Waals surface area contributed by atoms with E-state index in [1.165, 1.54) is 5.56 Å². The molecule has 2 atom stereocenters. The van der Waals surface area contributed by atoms with Crippen LogP contribution in [0, 0.1) is 0 Å². The summed E-state index contributed by atoms with van der Waals surface area (Å²) in [6.45, 7) is 6.77. The lowest BCUT2D eigenvalue weighted by atomic mass is 10.1. The van der Waals surface area contributed by atoms with Crippen molar-refractivity contribution in [3.05, 3.63) is 75.2 Å². The molecule has 27 heavy (non-hydrogen) atoms. The summed E-state index contributed by atoms with van der Waals surface area (Å²) in [5.74, 6) is 0.0726. The van der Waals surface area contributed by atoms with E-state index in [4.69, 9.17) is 11.6 Å². The molecule has 1 aliphatic heterocycles. The van der Waals surface area contributed by atoms with Crippen molar-refractivity contribution in [1.82, 2.24) is 9.80 Å². The molecule has 2 aromatic rings. The first-order valence-corrected chi connectivity index (χ1v) is 10.3. The number of amides is 1. The second kappa shape index (κ2) is 9.05. The summed E-state index contributed by atoms with van der Waals surface area (Å²) < 4.78 is 1.03. The lowest BCUT2D eigenvalue weighted by Crippen LogP contribution is -2.57. The van der Waals surface area contributed by atoms with Crippen LogP contribution in [0.25, 0.3) is 6.08 Å². The number of nitrogens with zero attached hydrogens (tertiary/aromatic N) is 2. The highest BCUT2D eigenvalue weighted by Gasteiger charge is 2.30. The van der Waals surface area contributed by atoms with Gasteiger partial charge in [0.05, 0.1) is 0 Å². The van der Waals surface area contributed by atoms with Crippen molar-refractivity contribution in [2.24, 2.45) is 0 Å². The zero-order valence-corrected chi connectivity index (χ0v) is 18.0. The highest BCUT2D eigenvalue weighted by molar-refractivity contribution is 9.10. The molecule has 1 saturated heterocycles. The number of benzene rings is 2. The summed E-state index contributed by atoms with van der Waals surface area (Å²) in [5.41, 5.74) is 2.27. The second-order valence-corrected chi connectivity index (χ2v) is 8.48. The van der Waals surface area contributed by atoms with E-state index in [1.807, 2.05) is 47.4 Å². The standard InChI is InChI=1S/C22H24BrClN2O/c1-16-14-26(22(27)12-7-18-3-8-20(23)9-4-18)17(2)13-25(16)15-19-5-10-21(24)11-6-19/h3-12,16-17H,13-15H2,1-2H3/b12-7+/t16-,17+/m1/s1. The molecule has 5 heteroatoms. The van der Waals surface area contributed by atoms with Gasteiger partial charge in [-0.1, -0.05) is 51.8 Å². The normalized spacial score (nSPS) is 21.0. The van der Waals surface area contributed by atoms with E-state index in [9.17, 15) is 4.79 Å². The molecule has 3 rings (SSSR count).